The average molecular weight is 1460 g/mol. The summed E-state index contributed by atoms with van der Waals surface area (Å²) in [6.07, 6.45) is 101. The number of unbranched alkanes of at least 4 members (excludes halogenated alkanes) is 56. The van der Waals surface area contributed by atoms with Gasteiger partial charge in [-0.1, -0.05) is 293 Å². The summed E-state index contributed by atoms with van der Waals surface area (Å²) in [7, 11) is 0. The monoisotopic (exact) mass is 1460 g/mol. The van der Waals surface area contributed by atoms with Gasteiger partial charge in [-0.2, -0.15) is 0 Å². The van der Waals surface area contributed by atoms with Gasteiger partial charge in [0.2, 0.25) is 11.4 Å². The maximum atomic E-state index is 12.7. The first-order valence-electron chi connectivity index (χ1n) is 47.1. The smallest absolute Gasteiger partial charge is 0.493 e. The molecule has 3 rings (SSSR count). The Hall–Kier alpha value is -1.99. The molecule has 1 aliphatic heterocycles. The number of hydrogen-bond donors (Lipinski definition) is 0. The zero-order valence-electron chi connectivity index (χ0n) is 70.9. The average Bonchev–Trinajstić information content (AvgIpc) is 1.63. The van der Waals surface area contributed by atoms with E-state index in [2.05, 4.69) is 92.7 Å². The third kappa shape index (κ3) is 50.6. The molecule has 2 aromatic carbocycles. The predicted octanol–water partition coefficient (Wildman–Crippen LogP) is 35.6. The predicted molar refractivity (Wildman–Crippen MR) is 459 cm³/mol. The molecule has 0 bridgehead atoms. The summed E-state index contributed by atoms with van der Waals surface area (Å²) in [4.78, 5) is 0. The van der Waals surface area contributed by atoms with Crippen LogP contribution in [0.3, 0.4) is 0 Å². The Bertz CT molecular complexity index is 2120. The molecule has 0 radical (unpaired) electrons. The number of benzene rings is 2. The van der Waals surface area contributed by atoms with Crippen molar-refractivity contribution in [1.82, 2.24) is 0 Å². The van der Waals surface area contributed by atoms with Crippen molar-refractivity contribution in [1.29, 1.82) is 0 Å². The molecule has 102 heavy (non-hydrogen) atoms. The van der Waals surface area contributed by atoms with E-state index in [1.54, 1.807) is 38.1 Å². The molecule has 2 aromatic rings. The van der Waals surface area contributed by atoms with E-state index < -0.39 is 0 Å². The van der Waals surface area contributed by atoms with Gasteiger partial charge in [0.1, 0.15) is 0 Å². The van der Waals surface area contributed by atoms with Gasteiger partial charge in [0.15, 0.2) is 0 Å². The Balaban J connectivity index is 0.000000731. The van der Waals surface area contributed by atoms with Crippen molar-refractivity contribution in [3.8, 4) is 0 Å². The number of nitrogens with zero attached hydrogens (tertiary/aromatic N) is 2. The molecule has 0 saturated carbocycles. The molecule has 0 aromatic heterocycles. The molecule has 1 heterocycles. The van der Waals surface area contributed by atoms with Crippen LogP contribution in [0.25, 0.3) is 16.9 Å². The first-order chi connectivity index (χ1) is 50.4. The van der Waals surface area contributed by atoms with Crippen molar-refractivity contribution in [2.75, 3.05) is 0 Å². The second-order valence-corrected chi connectivity index (χ2v) is 34.3. The van der Waals surface area contributed by atoms with E-state index in [1.165, 1.54) is 451 Å². The Morgan fingerprint density at radius 1 is 0.225 bits per heavy atom. The molecule has 0 fully saturated rings. The molecule has 1 aliphatic rings. The molecule has 0 saturated heterocycles. The summed E-state index contributed by atoms with van der Waals surface area (Å²) in [5, 5.41) is 2.87. The molecule has 596 valence electrons. The maximum absolute atomic E-state index is 12.7. The molecule has 0 amide bonds. The van der Waals surface area contributed by atoms with Crippen molar-refractivity contribution in [3.05, 3.63) is 86.0 Å². The van der Waals surface area contributed by atoms with Gasteiger partial charge in [-0.25, -0.2) is 4.70 Å². The normalized spacial score (nSPS) is 12.4. The number of allylic oxidation sites excluding steroid dienone is 2. The standard InChI is InChI=1S/C57H94N2.2C21H43.Ni/c1-8-15-22-29-35-47-42-52(43-48(36-30-23-16-9-2)54(47)40-33-26-19-12-5)56-46-51(39-28-21-14-7)57(59(56)58)53-44-49(37-31-24-17-10-3)55(41-34-27-20-13-6)50(45-53)38-32-25-18-11-4;2*1-3-5-7-9-11-13-15-17-19-21-20-18-16-14-12-10-8-6-4-2;/h42-46H,8-41H2,1-7H3;2*1,3-21H2,2H3;. The van der Waals surface area contributed by atoms with Gasteiger partial charge >= 0.3 is 166 Å². The van der Waals surface area contributed by atoms with Crippen molar-refractivity contribution in [2.24, 2.45) is 0 Å². The second-order valence-electron chi connectivity index (χ2n) is 32.8. The Kier molecular flexibility index (Phi) is 68.9. The second kappa shape index (κ2) is 73.2. The fourth-order valence-corrected chi connectivity index (χ4v) is 17.4. The minimum absolute atomic E-state index is 1.01. The van der Waals surface area contributed by atoms with E-state index in [0.717, 1.165) is 49.9 Å². The van der Waals surface area contributed by atoms with Crippen LogP contribution in [0.15, 0.2) is 35.9 Å². The summed E-state index contributed by atoms with van der Waals surface area (Å²) in [5.74, 6) is 0. The summed E-state index contributed by atoms with van der Waals surface area (Å²) < 4.78 is 1.66. The van der Waals surface area contributed by atoms with Gasteiger partial charge in [-0.15, -0.1) is 0 Å². The van der Waals surface area contributed by atoms with Crippen LogP contribution in [0.2, 0.25) is 10.8 Å². The van der Waals surface area contributed by atoms with Gasteiger partial charge in [0.25, 0.3) is 0 Å². The molecule has 0 unspecified atom stereocenters. The fourth-order valence-electron chi connectivity index (χ4n) is 16.2. The topological polar surface area (TPSA) is 25.3 Å². The molecule has 0 N–H and O–H groups in total. The third-order valence-electron chi connectivity index (χ3n) is 23.0. The number of rotatable bonds is 76. The molecule has 3 heteroatoms. The quantitative estimate of drug-likeness (QED) is 0.0358. The first-order valence-corrected chi connectivity index (χ1v) is 48.5. The van der Waals surface area contributed by atoms with Crippen LogP contribution in [0.4, 0.5) is 0 Å². The summed E-state index contributed by atoms with van der Waals surface area (Å²) in [6.45, 7) is 20.9. The van der Waals surface area contributed by atoms with Crippen LogP contribution in [-0.4, -0.2) is 4.70 Å². The van der Waals surface area contributed by atoms with E-state index in [1.807, 2.05) is 14.4 Å². The zero-order valence-corrected chi connectivity index (χ0v) is 71.9. The van der Waals surface area contributed by atoms with E-state index in [4.69, 9.17) is 0 Å². The van der Waals surface area contributed by atoms with Gasteiger partial charge < -0.3 is 5.53 Å². The van der Waals surface area contributed by atoms with Gasteiger partial charge in [0, 0.05) is 22.8 Å². The van der Waals surface area contributed by atoms with Crippen LogP contribution in [0.5, 0.6) is 0 Å². The first kappa shape index (κ1) is 96.1. The fraction of sp³-hybridized carbons (Fsp3) is 0.838. The van der Waals surface area contributed by atoms with Crippen molar-refractivity contribution in [2.45, 2.75) is 535 Å². The van der Waals surface area contributed by atoms with Crippen molar-refractivity contribution in [3.63, 3.8) is 0 Å². The SMILES string of the molecule is CCCCCCCCCCCCCCCCCCCC[CH2][Ni][CH2]CCCCCCCCCCCCCCCCCCCC.CCCCCCc1cc(C2=CC(CCCCC)=C(c3cc(CCCCCC)c(CCCCCC)c(CCCCCC)c3)[N+]2=[N-])cc(CCCCCC)c1CCCCCC. The Labute approximate surface area is 647 Å². The number of aryl methyl sites for hydroxylation is 4. The third-order valence-corrected chi connectivity index (χ3v) is 24.4. The van der Waals surface area contributed by atoms with Crippen LogP contribution >= 0.6 is 0 Å². The molecular weight excluding hydrogens is 1280 g/mol. The number of hydrogen-bond acceptors (Lipinski definition) is 0. The van der Waals surface area contributed by atoms with Crippen LogP contribution < -0.4 is 0 Å². The molecule has 0 atom stereocenters. The van der Waals surface area contributed by atoms with Crippen molar-refractivity contribution < 1.29 is 19.1 Å². The van der Waals surface area contributed by atoms with Crippen LogP contribution in [0, 0.1) is 0 Å². The van der Waals surface area contributed by atoms with Crippen LogP contribution in [-0.2, 0) is 53.0 Å². The van der Waals surface area contributed by atoms with E-state index in [9.17, 15) is 5.53 Å². The molecular formula is C99H180N2Ni. The van der Waals surface area contributed by atoms with Crippen LogP contribution in [0.1, 0.15) is 531 Å². The summed E-state index contributed by atoms with van der Waals surface area (Å²) >= 11 is 2.05. The van der Waals surface area contributed by atoms with Gasteiger partial charge in [-0.05, 0) is 148 Å². The van der Waals surface area contributed by atoms with E-state index in [-0.39, 0.29) is 0 Å². The van der Waals surface area contributed by atoms with Crippen molar-refractivity contribution >= 4 is 11.4 Å². The summed E-state index contributed by atoms with van der Waals surface area (Å²) in [5.41, 5.74) is 28.1. The minimum atomic E-state index is 1.01. The van der Waals surface area contributed by atoms with E-state index in [0.29, 0.717) is 0 Å². The molecule has 0 spiro atoms. The molecule has 2 nitrogen and oxygen atoms in total. The Morgan fingerprint density at radius 3 is 0.676 bits per heavy atom. The summed E-state index contributed by atoms with van der Waals surface area (Å²) in [6, 6.07) is 10.1. The zero-order chi connectivity index (χ0) is 73.5. The van der Waals surface area contributed by atoms with Gasteiger partial charge in [0.05, 0.1) is 0 Å². The molecule has 0 aliphatic carbocycles. The van der Waals surface area contributed by atoms with Gasteiger partial charge in [-0.3, -0.25) is 0 Å². The van der Waals surface area contributed by atoms with E-state index >= 15 is 0 Å². The Morgan fingerprint density at radius 2 is 0.422 bits per heavy atom. The minimum Gasteiger partial charge on any atom is -0.493 e.